The SMILES string of the molecule is CN1CCCn2cc(S(=O)(=O)NCc3ccc(F)cc3Cl)cc2C1=O. The molecule has 2 aromatic rings. The van der Waals surface area contributed by atoms with Gasteiger partial charge in [0.2, 0.25) is 10.0 Å². The zero-order valence-corrected chi connectivity index (χ0v) is 15.1. The molecule has 0 bridgehead atoms. The minimum atomic E-state index is -3.83. The fraction of sp³-hybridized carbons (Fsp3) is 0.312. The van der Waals surface area contributed by atoms with E-state index in [1.807, 2.05) is 0 Å². The van der Waals surface area contributed by atoms with Crippen molar-refractivity contribution in [3.63, 3.8) is 0 Å². The number of benzene rings is 1. The summed E-state index contributed by atoms with van der Waals surface area (Å²) in [7, 11) is -2.14. The Balaban J connectivity index is 1.82. The maximum atomic E-state index is 13.1. The lowest BCUT2D eigenvalue weighted by Crippen LogP contribution is -2.26. The van der Waals surface area contributed by atoms with Crippen LogP contribution < -0.4 is 4.72 Å². The van der Waals surface area contributed by atoms with Crippen LogP contribution in [0.5, 0.6) is 0 Å². The molecule has 9 heteroatoms. The summed E-state index contributed by atoms with van der Waals surface area (Å²) in [5.74, 6) is -0.698. The number of carbonyl (C=O) groups excluding carboxylic acids is 1. The number of halogens is 2. The van der Waals surface area contributed by atoms with Gasteiger partial charge in [-0.2, -0.15) is 0 Å². The lowest BCUT2D eigenvalue weighted by Gasteiger charge is -2.12. The molecule has 1 aliphatic heterocycles. The molecule has 0 saturated carbocycles. The Morgan fingerprint density at radius 3 is 2.76 bits per heavy atom. The van der Waals surface area contributed by atoms with Crippen molar-refractivity contribution < 1.29 is 17.6 Å². The van der Waals surface area contributed by atoms with Crippen LogP contribution in [-0.4, -0.2) is 37.4 Å². The molecule has 0 atom stereocenters. The van der Waals surface area contributed by atoms with Gasteiger partial charge in [0, 0.05) is 37.9 Å². The predicted molar refractivity (Wildman–Crippen MR) is 91.4 cm³/mol. The van der Waals surface area contributed by atoms with Crippen LogP contribution >= 0.6 is 11.6 Å². The van der Waals surface area contributed by atoms with Crippen LogP contribution in [0.15, 0.2) is 35.4 Å². The molecule has 2 heterocycles. The highest BCUT2D eigenvalue weighted by atomic mass is 35.5. The molecule has 0 fully saturated rings. The number of hydrogen-bond donors (Lipinski definition) is 1. The normalized spacial score (nSPS) is 15.2. The van der Waals surface area contributed by atoms with Crippen molar-refractivity contribution in [2.24, 2.45) is 0 Å². The topological polar surface area (TPSA) is 71.4 Å². The van der Waals surface area contributed by atoms with Crippen LogP contribution in [0.25, 0.3) is 0 Å². The van der Waals surface area contributed by atoms with E-state index in [4.69, 9.17) is 11.6 Å². The van der Waals surface area contributed by atoms with Crippen molar-refractivity contribution in [3.8, 4) is 0 Å². The summed E-state index contributed by atoms with van der Waals surface area (Å²) in [5.41, 5.74) is 0.809. The van der Waals surface area contributed by atoms with Crippen molar-refractivity contribution in [2.75, 3.05) is 13.6 Å². The van der Waals surface area contributed by atoms with Crippen molar-refractivity contribution in [2.45, 2.75) is 24.4 Å². The third kappa shape index (κ3) is 3.70. The van der Waals surface area contributed by atoms with E-state index in [0.29, 0.717) is 24.3 Å². The molecular weight excluding hydrogens is 369 g/mol. The van der Waals surface area contributed by atoms with E-state index in [-0.39, 0.29) is 22.4 Å². The number of fused-ring (bicyclic) bond motifs is 1. The lowest BCUT2D eigenvalue weighted by atomic mass is 10.2. The third-order valence-electron chi connectivity index (χ3n) is 4.11. The summed E-state index contributed by atoms with van der Waals surface area (Å²) in [6.45, 7) is 1.13. The van der Waals surface area contributed by atoms with Crippen molar-refractivity contribution in [1.82, 2.24) is 14.2 Å². The fourth-order valence-electron chi connectivity index (χ4n) is 2.69. The summed E-state index contributed by atoms with van der Waals surface area (Å²) in [6.07, 6.45) is 2.21. The van der Waals surface area contributed by atoms with Crippen LogP contribution in [0.4, 0.5) is 4.39 Å². The van der Waals surface area contributed by atoms with Crippen LogP contribution in [0.3, 0.4) is 0 Å². The molecule has 0 spiro atoms. The number of nitrogens with zero attached hydrogens (tertiary/aromatic N) is 2. The number of carbonyl (C=O) groups is 1. The molecule has 6 nitrogen and oxygen atoms in total. The number of hydrogen-bond acceptors (Lipinski definition) is 3. The van der Waals surface area contributed by atoms with E-state index in [2.05, 4.69) is 4.72 Å². The molecule has 25 heavy (non-hydrogen) atoms. The Hall–Kier alpha value is -1.90. The zero-order valence-electron chi connectivity index (χ0n) is 13.5. The van der Waals surface area contributed by atoms with E-state index in [1.54, 1.807) is 16.5 Å². The molecule has 1 aliphatic rings. The maximum absolute atomic E-state index is 13.1. The Kier molecular flexibility index (Phi) is 4.86. The number of aromatic nitrogens is 1. The minimum Gasteiger partial charge on any atom is -0.342 e. The molecule has 1 aromatic carbocycles. The smallest absolute Gasteiger partial charge is 0.270 e. The highest BCUT2D eigenvalue weighted by Crippen LogP contribution is 2.21. The van der Waals surface area contributed by atoms with E-state index in [0.717, 1.165) is 12.5 Å². The number of amides is 1. The highest BCUT2D eigenvalue weighted by molar-refractivity contribution is 7.89. The van der Waals surface area contributed by atoms with Gasteiger partial charge in [0.15, 0.2) is 0 Å². The van der Waals surface area contributed by atoms with E-state index >= 15 is 0 Å². The zero-order chi connectivity index (χ0) is 18.2. The van der Waals surface area contributed by atoms with Crippen LogP contribution in [-0.2, 0) is 23.1 Å². The second-order valence-electron chi connectivity index (χ2n) is 5.89. The summed E-state index contributed by atoms with van der Waals surface area (Å²) in [6, 6.07) is 5.14. The molecule has 1 amide bonds. The largest absolute Gasteiger partial charge is 0.342 e. The number of nitrogens with one attached hydrogen (secondary N) is 1. The van der Waals surface area contributed by atoms with Gasteiger partial charge in [0.25, 0.3) is 5.91 Å². The standard InChI is InChI=1S/C16H17ClFN3O3S/c1-20-5-2-6-21-10-13(8-15(21)16(20)22)25(23,24)19-9-11-3-4-12(18)7-14(11)17/h3-4,7-8,10,19H,2,5-6,9H2,1H3. The monoisotopic (exact) mass is 385 g/mol. The van der Waals surface area contributed by atoms with Crippen molar-refractivity contribution in [3.05, 3.63) is 52.6 Å². The second-order valence-corrected chi connectivity index (χ2v) is 8.07. The van der Waals surface area contributed by atoms with Crippen LogP contribution in [0, 0.1) is 5.82 Å². The molecule has 1 aromatic heterocycles. The van der Waals surface area contributed by atoms with Gasteiger partial charge in [0.1, 0.15) is 16.4 Å². The Bertz CT molecular complexity index is 927. The van der Waals surface area contributed by atoms with Gasteiger partial charge in [-0.05, 0) is 30.2 Å². The number of sulfonamides is 1. The molecule has 1 N–H and O–H groups in total. The number of aryl methyl sites for hydroxylation is 1. The Labute approximate surface area is 150 Å². The predicted octanol–water partition coefficient (Wildman–Crippen LogP) is 2.23. The first-order chi connectivity index (χ1) is 11.8. The molecule has 0 radical (unpaired) electrons. The first kappa shape index (κ1) is 17.9. The van der Waals surface area contributed by atoms with Gasteiger partial charge in [-0.25, -0.2) is 17.5 Å². The quantitative estimate of drug-likeness (QED) is 0.877. The maximum Gasteiger partial charge on any atom is 0.270 e. The van der Waals surface area contributed by atoms with E-state index < -0.39 is 15.8 Å². The van der Waals surface area contributed by atoms with E-state index in [9.17, 15) is 17.6 Å². The average Bonchev–Trinajstić information content (AvgIpc) is 2.93. The number of rotatable bonds is 4. The lowest BCUT2D eigenvalue weighted by molar-refractivity contribution is 0.0796. The van der Waals surface area contributed by atoms with Gasteiger partial charge in [-0.3, -0.25) is 4.79 Å². The highest BCUT2D eigenvalue weighted by Gasteiger charge is 2.25. The summed E-state index contributed by atoms with van der Waals surface area (Å²) in [4.78, 5) is 13.9. The van der Waals surface area contributed by atoms with Gasteiger partial charge in [-0.15, -0.1) is 0 Å². The summed E-state index contributed by atoms with van der Waals surface area (Å²) >= 11 is 5.91. The minimum absolute atomic E-state index is 0.0179. The third-order valence-corrected chi connectivity index (χ3v) is 5.83. The van der Waals surface area contributed by atoms with Crippen LogP contribution in [0.2, 0.25) is 5.02 Å². The van der Waals surface area contributed by atoms with Gasteiger partial charge in [0.05, 0.1) is 0 Å². The fourth-order valence-corrected chi connectivity index (χ4v) is 3.97. The Morgan fingerprint density at radius 2 is 2.04 bits per heavy atom. The molecular formula is C16H17ClFN3O3S. The van der Waals surface area contributed by atoms with Crippen molar-refractivity contribution >= 4 is 27.5 Å². The van der Waals surface area contributed by atoms with Crippen molar-refractivity contribution in [1.29, 1.82) is 0 Å². The second kappa shape index (κ2) is 6.78. The summed E-state index contributed by atoms with van der Waals surface area (Å²) < 4.78 is 42.2. The molecule has 3 rings (SSSR count). The van der Waals surface area contributed by atoms with Gasteiger partial charge in [-0.1, -0.05) is 17.7 Å². The molecule has 0 aliphatic carbocycles. The Morgan fingerprint density at radius 1 is 1.28 bits per heavy atom. The molecule has 0 saturated heterocycles. The first-order valence-electron chi connectivity index (χ1n) is 7.67. The van der Waals surface area contributed by atoms with Gasteiger partial charge < -0.3 is 9.47 Å². The van der Waals surface area contributed by atoms with Gasteiger partial charge >= 0.3 is 0 Å². The van der Waals surface area contributed by atoms with E-state index in [1.165, 1.54) is 24.4 Å². The molecule has 0 unspecified atom stereocenters. The summed E-state index contributed by atoms with van der Waals surface area (Å²) in [5, 5.41) is 0.146. The van der Waals surface area contributed by atoms with Crippen LogP contribution in [0.1, 0.15) is 22.5 Å². The average molecular weight is 386 g/mol. The first-order valence-corrected chi connectivity index (χ1v) is 9.53. The molecule has 134 valence electrons.